The molecule has 0 fully saturated rings. The summed E-state index contributed by atoms with van der Waals surface area (Å²) in [4.78, 5) is 42.4. The molecule has 18 heteroatoms. The smallest absolute Gasteiger partial charge is 0.290 e. The Morgan fingerprint density at radius 2 is 1.44 bits per heavy atom. The quantitative estimate of drug-likeness (QED) is 0.190. The summed E-state index contributed by atoms with van der Waals surface area (Å²) in [7, 11) is 3.07. The van der Waals surface area contributed by atoms with Crippen LogP contribution in [0.4, 0.5) is 27.4 Å². The molecule has 7 rings (SSSR count). The van der Waals surface area contributed by atoms with Gasteiger partial charge in [0, 0.05) is 55.0 Å². The number of benzene rings is 1. The van der Waals surface area contributed by atoms with Crippen LogP contribution < -0.4 is 27.3 Å². The topological polar surface area (TPSA) is 194 Å². The molecule has 6 aromatic heterocycles. The zero-order valence-corrected chi connectivity index (χ0v) is 32.0. The minimum Gasteiger partial charge on any atom is -0.360 e. The summed E-state index contributed by atoms with van der Waals surface area (Å²) in [5.41, 5.74) is 1.54. The molecule has 16 nitrogen and oxygen atoms in total. The van der Waals surface area contributed by atoms with E-state index in [0.29, 0.717) is 57.5 Å². The van der Waals surface area contributed by atoms with E-state index in [1.165, 1.54) is 36.3 Å². The van der Waals surface area contributed by atoms with Crippen LogP contribution in [0.5, 0.6) is 0 Å². The Morgan fingerprint density at radius 3 is 2.00 bits per heavy atom. The van der Waals surface area contributed by atoms with E-state index in [4.69, 9.17) is 20.6 Å². The van der Waals surface area contributed by atoms with Crippen molar-refractivity contribution in [3.8, 4) is 17.1 Å². The molecule has 0 radical (unpaired) electrons. The maximum atomic E-state index is 15.2. The van der Waals surface area contributed by atoms with Crippen LogP contribution in [0.15, 0.2) is 78.3 Å². The lowest BCUT2D eigenvalue weighted by molar-refractivity contribution is 0.400. The number of anilines is 4. The van der Waals surface area contributed by atoms with Gasteiger partial charge in [0.25, 0.3) is 16.7 Å². The van der Waals surface area contributed by atoms with E-state index in [1.807, 2.05) is 27.7 Å². The largest absolute Gasteiger partial charge is 0.360 e. The third-order valence-electron chi connectivity index (χ3n) is 8.45. The number of halogens is 2. The number of aryl methyl sites for hydroxylation is 4. The highest BCUT2D eigenvalue weighted by molar-refractivity contribution is 6.29. The molecule has 0 atom stereocenters. The molecule has 1 aromatic carbocycles. The van der Waals surface area contributed by atoms with Crippen LogP contribution in [0.1, 0.15) is 50.3 Å². The van der Waals surface area contributed by atoms with Gasteiger partial charge in [0.2, 0.25) is 0 Å². The lowest BCUT2D eigenvalue weighted by atomic mass is 9.86. The third-order valence-corrected chi connectivity index (χ3v) is 8.63. The Morgan fingerprint density at radius 1 is 0.836 bits per heavy atom. The molecule has 55 heavy (non-hydrogen) atoms. The molecule has 2 N–H and O–H groups in total. The Kier molecular flexibility index (Phi) is 10.5. The molecule has 0 saturated heterocycles. The van der Waals surface area contributed by atoms with Crippen molar-refractivity contribution in [1.82, 2.24) is 44.6 Å². The molecule has 284 valence electrons. The van der Waals surface area contributed by atoms with Crippen molar-refractivity contribution in [2.24, 2.45) is 14.1 Å². The number of nitrogens with zero attached hydrogens (tertiary/aromatic N) is 9. The summed E-state index contributed by atoms with van der Waals surface area (Å²) in [6.07, 6.45) is 3.48. The van der Waals surface area contributed by atoms with Crippen molar-refractivity contribution in [3.05, 3.63) is 120 Å². The summed E-state index contributed by atoms with van der Waals surface area (Å²) >= 11 is 5.74. The molecule has 0 aliphatic rings. The molecular formula is C37H37ClFN11O5. The summed E-state index contributed by atoms with van der Waals surface area (Å²) in [6.45, 7) is 11.4. The zero-order valence-electron chi connectivity index (χ0n) is 31.2. The summed E-state index contributed by atoms with van der Waals surface area (Å²) in [6, 6.07) is 11.3. The second kappa shape index (κ2) is 15.1. The van der Waals surface area contributed by atoms with E-state index in [2.05, 4.69) is 41.2 Å². The van der Waals surface area contributed by atoms with Gasteiger partial charge in [0.1, 0.15) is 28.7 Å². The van der Waals surface area contributed by atoms with E-state index in [-0.39, 0.29) is 38.6 Å². The van der Waals surface area contributed by atoms with Gasteiger partial charge in [-0.15, -0.1) is 0 Å². The summed E-state index contributed by atoms with van der Waals surface area (Å²) < 4.78 is 28.7. The average molecular weight is 770 g/mol. The fraction of sp³-hybridized carbons (Fsp3) is 0.270. The lowest BCUT2D eigenvalue weighted by Crippen LogP contribution is -2.25. The van der Waals surface area contributed by atoms with E-state index < -0.39 is 11.4 Å². The molecular weight excluding hydrogens is 733 g/mol. The van der Waals surface area contributed by atoms with Crippen molar-refractivity contribution in [2.75, 3.05) is 10.6 Å². The predicted molar refractivity (Wildman–Crippen MR) is 205 cm³/mol. The van der Waals surface area contributed by atoms with Crippen molar-refractivity contribution >= 4 is 45.4 Å². The van der Waals surface area contributed by atoms with Gasteiger partial charge in [-0.3, -0.25) is 14.4 Å². The predicted octanol–water partition coefficient (Wildman–Crippen LogP) is 6.05. The standard InChI is InChI=1S/C28H28FN7O3.C9H9ClN4O2/c1-7-18-19(21-13-22(26(37)35(6)33-21)32-23-10-15(2)39-34-23)8-9-30-25(18)36-27(38)24-16(14-31-36)11-17(12-20(24)29)28(3,4)5;1-5-3-8(13-16-5)11-6-4-7(10)12-14(2)9(6)15/h8-14H,7H2,1-6H3,(H,32,34);3-4H,1-2H3,(H,11,13). The number of fused-ring (bicyclic) bond motifs is 1. The lowest BCUT2D eigenvalue weighted by Gasteiger charge is -2.20. The summed E-state index contributed by atoms with van der Waals surface area (Å²) in [5.74, 6) is 1.74. The van der Waals surface area contributed by atoms with E-state index >= 15 is 4.39 Å². The maximum Gasteiger partial charge on any atom is 0.290 e. The van der Waals surface area contributed by atoms with Gasteiger partial charge in [0.05, 0.1) is 17.3 Å². The maximum absolute atomic E-state index is 15.2. The van der Waals surface area contributed by atoms with Gasteiger partial charge in [0.15, 0.2) is 22.6 Å². The SMILES string of the molecule is CCc1c(-c2cc(Nc3cc(C)on3)c(=O)n(C)n2)ccnc1-n1ncc2cc(C(C)(C)C)cc(F)c2c1=O.Cc1cc(Nc2cc(Cl)nn(C)c2=O)no1. The second-order valence-electron chi connectivity index (χ2n) is 13.6. The highest BCUT2D eigenvalue weighted by Gasteiger charge is 2.22. The van der Waals surface area contributed by atoms with Crippen LogP contribution in [0.2, 0.25) is 5.15 Å². The minimum atomic E-state index is -0.609. The van der Waals surface area contributed by atoms with Crippen LogP contribution in [0.3, 0.4) is 0 Å². The van der Waals surface area contributed by atoms with Gasteiger partial charge < -0.3 is 19.7 Å². The molecule has 0 bridgehead atoms. The highest BCUT2D eigenvalue weighted by Crippen LogP contribution is 2.29. The molecule has 7 aromatic rings. The van der Waals surface area contributed by atoms with Gasteiger partial charge in [-0.2, -0.15) is 20.0 Å². The Hall–Kier alpha value is -6.49. The highest BCUT2D eigenvalue weighted by atomic mass is 35.5. The molecule has 0 spiro atoms. The normalized spacial score (nSPS) is 11.4. The number of nitrogens with one attached hydrogen (secondary N) is 2. The van der Waals surface area contributed by atoms with Crippen LogP contribution in [0, 0.1) is 19.7 Å². The fourth-order valence-corrected chi connectivity index (χ4v) is 5.91. The van der Waals surface area contributed by atoms with Crippen molar-refractivity contribution in [3.63, 3.8) is 0 Å². The first-order chi connectivity index (χ1) is 26.0. The van der Waals surface area contributed by atoms with E-state index in [0.717, 1.165) is 14.9 Å². The summed E-state index contributed by atoms with van der Waals surface area (Å²) in [5, 5.41) is 26.6. The zero-order chi connectivity index (χ0) is 39.8. The van der Waals surface area contributed by atoms with Gasteiger partial charge in [-0.25, -0.2) is 18.7 Å². The first-order valence-corrected chi connectivity index (χ1v) is 17.4. The van der Waals surface area contributed by atoms with Crippen LogP contribution in [-0.4, -0.2) is 44.6 Å². The van der Waals surface area contributed by atoms with Crippen molar-refractivity contribution < 1.29 is 13.4 Å². The molecule has 0 unspecified atom stereocenters. The average Bonchev–Trinajstić information content (AvgIpc) is 3.74. The second-order valence-corrected chi connectivity index (χ2v) is 14.0. The molecule has 0 aliphatic carbocycles. The third kappa shape index (κ3) is 8.06. The minimum absolute atomic E-state index is 0.0538. The molecule has 0 amide bonds. The number of hydrogen-bond acceptors (Lipinski definition) is 13. The molecule has 0 aliphatic heterocycles. The van der Waals surface area contributed by atoms with Crippen LogP contribution >= 0.6 is 11.6 Å². The Labute approximate surface area is 317 Å². The van der Waals surface area contributed by atoms with Gasteiger partial charge in [-0.1, -0.05) is 49.6 Å². The van der Waals surface area contributed by atoms with Gasteiger partial charge >= 0.3 is 0 Å². The number of hydrogen-bond donors (Lipinski definition) is 2. The van der Waals surface area contributed by atoms with Crippen molar-refractivity contribution in [2.45, 2.75) is 53.4 Å². The van der Waals surface area contributed by atoms with Crippen LogP contribution in [-0.2, 0) is 25.9 Å². The monoisotopic (exact) mass is 769 g/mol. The Bertz CT molecular complexity index is 2740. The van der Waals surface area contributed by atoms with Gasteiger partial charge in [-0.05, 0) is 55.5 Å². The molecule has 0 saturated carbocycles. The first kappa shape index (κ1) is 38.2. The first-order valence-electron chi connectivity index (χ1n) is 17.0. The van der Waals surface area contributed by atoms with Crippen molar-refractivity contribution in [1.29, 1.82) is 0 Å². The van der Waals surface area contributed by atoms with Crippen LogP contribution in [0.25, 0.3) is 27.8 Å². The van der Waals surface area contributed by atoms with E-state index in [9.17, 15) is 14.4 Å². The number of pyridine rings is 1. The fourth-order valence-electron chi connectivity index (χ4n) is 5.69. The Balaban J connectivity index is 0.000000268. The molecule has 6 heterocycles. The number of aromatic nitrogens is 9. The number of rotatable bonds is 7. The van der Waals surface area contributed by atoms with E-state index in [1.54, 1.807) is 51.2 Å².